The lowest BCUT2D eigenvalue weighted by atomic mass is 10.2. The van der Waals surface area contributed by atoms with Gasteiger partial charge in [0.05, 0.1) is 4.90 Å². The van der Waals surface area contributed by atoms with Gasteiger partial charge in [-0.25, -0.2) is 13.1 Å². The monoisotopic (exact) mass is 260 g/mol. The molecule has 0 spiro atoms. The quantitative estimate of drug-likeness (QED) is 0.778. The van der Waals surface area contributed by atoms with Gasteiger partial charge < -0.3 is 5.73 Å². The zero-order chi connectivity index (χ0) is 13.9. The van der Waals surface area contributed by atoms with E-state index in [2.05, 4.69) is 10.5 Å². The highest BCUT2D eigenvalue weighted by atomic mass is 32.2. The third-order valence-corrected chi connectivity index (χ3v) is 3.03. The number of amides is 1. The van der Waals surface area contributed by atoms with Gasteiger partial charge in [-0.1, -0.05) is 31.5 Å². The first-order valence-corrected chi connectivity index (χ1v) is 6.62. The van der Waals surface area contributed by atoms with E-state index in [0.717, 1.165) is 5.56 Å². The summed E-state index contributed by atoms with van der Waals surface area (Å²) >= 11 is 0. The molecule has 6 heteroatoms. The maximum Gasteiger partial charge on any atom is 0.240 e. The van der Waals surface area contributed by atoms with Gasteiger partial charge in [0.15, 0.2) is 0 Å². The van der Waals surface area contributed by atoms with Crippen LogP contribution in [0.1, 0.15) is 19.4 Å². The molecule has 0 aromatic heterocycles. The summed E-state index contributed by atoms with van der Waals surface area (Å²) in [5.74, 6) is 0. The fourth-order valence-corrected chi connectivity index (χ4v) is 1.57. The number of rotatable bonds is 2. The molecule has 1 amide bonds. The largest absolute Gasteiger partial charge is 0.372 e. The van der Waals surface area contributed by atoms with Crippen LogP contribution < -0.4 is 10.5 Å². The molecule has 98 valence electrons. The minimum atomic E-state index is -3.26. The Balaban J connectivity index is 0. The molecule has 17 heavy (non-hydrogen) atoms. The SMILES string of the molecule is CC.CNS(=O)(=O)c1ccc(C)cc1.NC=O. The zero-order valence-electron chi connectivity index (χ0n) is 10.6. The molecule has 0 aliphatic heterocycles. The molecular weight excluding hydrogens is 240 g/mol. The summed E-state index contributed by atoms with van der Waals surface area (Å²) in [5.41, 5.74) is 5.21. The van der Waals surface area contributed by atoms with Gasteiger partial charge in [-0.2, -0.15) is 0 Å². The molecule has 0 saturated carbocycles. The van der Waals surface area contributed by atoms with E-state index in [1.807, 2.05) is 20.8 Å². The highest BCUT2D eigenvalue weighted by molar-refractivity contribution is 7.89. The smallest absolute Gasteiger partial charge is 0.240 e. The number of nitrogens with two attached hydrogens (primary N) is 1. The lowest BCUT2D eigenvalue weighted by Gasteiger charge is -2.01. The lowest BCUT2D eigenvalue weighted by molar-refractivity contribution is -0.106. The molecule has 0 unspecified atom stereocenters. The summed E-state index contributed by atoms with van der Waals surface area (Å²) in [5, 5.41) is 0. The molecule has 0 fully saturated rings. The van der Waals surface area contributed by atoms with Crippen molar-refractivity contribution in [3.8, 4) is 0 Å². The minimum absolute atomic E-state index is 0.250. The zero-order valence-corrected chi connectivity index (χ0v) is 11.4. The van der Waals surface area contributed by atoms with Gasteiger partial charge in [-0.3, -0.25) is 4.79 Å². The summed E-state index contributed by atoms with van der Waals surface area (Å²) in [6, 6.07) is 6.71. The number of carbonyl (C=O) groups excluding carboxylic acids is 1. The van der Waals surface area contributed by atoms with E-state index in [9.17, 15) is 8.42 Å². The predicted molar refractivity (Wildman–Crippen MR) is 69.0 cm³/mol. The van der Waals surface area contributed by atoms with Crippen LogP contribution in [0.15, 0.2) is 29.2 Å². The Morgan fingerprint density at radius 2 is 1.53 bits per heavy atom. The Morgan fingerprint density at radius 3 is 1.82 bits per heavy atom. The van der Waals surface area contributed by atoms with Crippen LogP contribution in [0, 0.1) is 6.92 Å². The standard InChI is InChI=1S/C8H11NO2S.C2H6.CH3NO/c1-7-3-5-8(6-4-7)12(10,11)9-2;1-2;2-1-3/h3-6,9H,1-2H3;1-2H3;1H,(H2,2,3). The van der Waals surface area contributed by atoms with Gasteiger partial charge in [0, 0.05) is 0 Å². The number of aryl methyl sites for hydroxylation is 1. The Kier molecular flexibility index (Phi) is 10.4. The van der Waals surface area contributed by atoms with Gasteiger partial charge >= 0.3 is 0 Å². The molecular formula is C11H20N2O3S. The summed E-state index contributed by atoms with van der Waals surface area (Å²) in [6.07, 6.45) is 0.250. The van der Waals surface area contributed by atoms with E-state index in [0.29, 0.717) is 4.90 Å². The fraction of sp³-hybridized carbons (Fsp3) is 0.364. The van der Waals surface area contributed by atoms with Crippen molar-refractivity contribution in [1.82, 2.24) is 4.72 Å². The van der Waals surface area contributed by atoms with Crippen molar-refractivity contribution in [1.29, 1.82) is 0 Å². The Labute approximate surface area is 103 Å². The van der Waals surface area contributed by atoms with Gasteiger partial charge in [-0.05, 0) is 26.1 Å². The topological polar surface area (TPSA) is 89.3 Å². The molecule has 1 aromatic carbocycles. The highest BCUT2D eigenvalue weighted by Gasteiger charge is 2.09. The van der Waals surface area contributed by atoms with Crippen LogP contribution in [0.3, 0.4) is 0 Å². The number of hydrogen-bond donors (Lipinski definition) is 2. The molecule has 0 aliphatic rings. The molecule has 0 heterocycles. The number of primary amides is 1. The second kappa shape index (κ2) is 9.80. The molecule has 0 radical (unpaired) electrons. The first-order chi connectivity index (χ1) is 7.97. The molecule has 5 nitrogen and oxygen atoms in total. The van der Waals surface area contributed by atoms with E-state index in [1.54, 1.807) is 24.3 Å². The van der Waals surface area contributed by atoms with Crippen LogP contribution in [0.4, 0.5) is 0 Å². The first-order valence-electron chi connectivity index (χ1n) is 5.13. The lowest BCUT2D eigenvalue weighted by Crippen LogP contribution is -2.18. The van der Waals surface area contributed by atoms with Crippen molar-refractivity contribution in [2.75, 3.05) is 7.05 Å². The van der Waals surface area contributed by atoms with Crippen LogP contribution in [0.5, 0.6) is 0 Å². The van der Waals surface area contributed by atoms with Crippen LogP contribution >= 0.6 is 0 Å². The van der Waals surface area contributed by atoms with Gasteiger partial charge in [0.1, 0.15) is 0 Å². The van der Waals surface area contributed by atoms with Crippen LogP contribution in [0.25, 0.3) is 0 Å². The van der Waals surface area contributed by atoms with Gasteiger partial charge in [-0.15, -0.1) is 0 Å². The molecule has 1 aromatic rings. The Bertz CT molecular complexity index is 399. The van der Waals surface area contributed by atoms with Gasteiger partial charge in [0.25, 0.3) is 0 Å². The first kappa shape index (κ1) is 18.0. The summed E-state index contributed by atoms with van der Waals surface area (Å²) in [7, 11) is -1.87. The molecule has 0 saturated heterocycles. The Morgan fingerprint density at radius 1 is 1.18 bits per heavy atom. The van der Waals surface area contributed by atoms with E-state index < -0.39 is 10.0 Å². The van der Waals surface area contributed by atoms with E-state index in [4.69, 9.17) is 4.79 Å². The van der Waals surface area contributed by atoms with E-state index in [1.165, 1.54) is 7.05 Å². The van der Waals surface area contributed by atoms with Crippen molar-refractivity contribution < 1.29 is 13.2 Å². The predicted octanol–water partition coefficient (Wildman–Crippen LogP) is 1.03. The number of nitrogens with one attached hydrogen (secondary N) is 1. The van der Waals surface area contributed by atoms with Crippen molar-refractivity contribution in [2.45, 2.75) is 25.7 Å². The maximum atomic E-state index is 11.2. The molecule has 0 aliphatic carbocycles. The number of benzene rings is 1. The average molecular weight is 260 g/mol. The number of hydrogen-bond acceptors (Lipinski definition) is 3. The van der Waals surface area contributed by atoms with Crippen molar-refractivity contribution >= 4 is 16.4 Å². The summed E-state index contributed by atoms with van der Waals surface area (Å²) in [4.78, 5) is 8.88. The number of sulfonamides is 1. The fourth-order valence-electron chi connectivity index (χ4n) is 0.835. The second-order valence-electron chi connectivity index (χ2n) is 2.66. The molecule has 0 atom stereocenters. The molecule has 1 rings (SSSR count). The summed E-state index contributed by atoms with van der Waals surface area (Å²) < 4.78 is 24.7. The van der Waals surface area contributed by atoms with Gasteiger partial charge in [0.2, 0.25) is 16.4 Å². The van der Waals surface area contributed by atoms with E-state index >= 15 is 0 Å². The Hall–Kier alpha value is -1.40. The number of carbonyl (C=O) groups is 1. The molecule has 0 bridgehead atoms. The maximum absolute atomic E-state index is 11.2. The van der Waals surface area contributed by atoms with Crippen molar-refractivity contribution in [3.05, 3.63) is 29.8 Å². The normalized spacial score (nSPS) is 9.18. The second-order valence-corrected chi connectivity index (χ2v) is 4.54. The van der Waals surface area contributed by atoms with Crippen molar-refractivity contribution in [3.63, 3.8) is 0 Å². The summed E-state index contributed by atoms with van der Waals surface area (Å²) in [6.45, 7) is 5.91. The third-order valence-electron chi connectivity index (χ3n) is 1.60. The van der Waals surface area contributed by atoms with Crippen LogP contribution in [0.2, 0.25) is 0 Å². The average Bonchev–Trinajstić information content (AvgIpc) is 2.33. The minimum Gasteiger partial charge on any atom is -0.372 e. The van der Waals surface area contributed by atoms with E-state index in [-0.39, 0.29) is 6.41 Å². The highest BCUT2D eigenvalue weighted by Crippen LogP contribution is 2.08. The van der Waals surface area contributed by atoms with Crippen LogP contribution in [-0.2, 0) is 14.8 Å². The third kappa shape index (κ3) is 7.48. The van der Waals surface area contributed by atoms with Crippen LogP contribution in [-0.4, -0.2) is 21.9 Å². The van der Waals surface area contributed by atoms with Crippen molar-refractivity contribution in [2.24, 2.45) is 5.73 Å². The molecule has 3 N–H and O–H groups in total.